The van der Waals surface area contributed by atoms with Crippen LogP contribution in [0.2, 0.25) is 0 Å². The second-order valence-electron chi connectivity index (χ2n) is 10.3. The Bertz CT molecular complexity index is 1770. The number of fused-ring (bicyclic) bond motifs is 5. The number of hydrogen-bond acceptors (Lipinski definition) is 8. The summed E-state index contributed by atoms with van der Waals surface area (Å²) in [7, 11) is 3.03. The number of carboxylic acid groups (broad SMARTS) is 1. The van der Waals surface area contributed by atoms with E-state index in [1.165, 1.54) is 7.11 Å². The Balaban J connectivity index is 0.000000472. The Kier molecular flexibility index (Phi) is 7.69. The topological polar surface area (TPSA) is 178 Å². The van der Waals surface area contributed by atoms with Crippen molar-refractivity contribution in [2.24, 2.45) is 5.92 Å². The zero-order valence-electron chi connectivity index (χ0n) is 23.0. The quantitative estimate of drug-likeness (QED) is 0.298. The number of aromatic amines is 2. The number of methoxy groups -OCH3 is 2. The summed E-state index contributed by atoms with van der Waals surface area (Å²) in [4.78, 5) is 51.3. The monoisotopic (exact) mass is 663 g/mol. The summed E-state index contributed by atoms with van der Waals surface area (Å²) in [6.45, 7) is 1.89. The third-order valence-electron chi connectivity index (χ3n) is 8.09. The van der Waals surface area contributed by atoms with Crippen molar-refractivity contribution in [3.05, 3.63) is 52.5 Å². The van der Waals surface area contributed by atoms with Crippen LogP contribution in [0.4, 0.5) is 13.2 Å². The van der Waals surface area contributed by atoms with Gasteiger partial charge in [-0.25, -0.2) is 9.97 Å². The normalized spacial score (nSPS) is 23.0. The first-order valence-electron chi connectivity index (χ1n) is 12.9. The summed E-state index contributed by atoms with van der Waals surface area (Å²) in [5.41, 5.74) is 7.72. The number of alkyl halides is 3. The average Bonchev–Trinajstić information content (AvgIpc) is 3.60. The number of carbonyl (C=O) groups is 3. The zero-order valence-corrected chi connectivity index (χ0v) is 24.6. The number of rotatable bonds is 4. The van der Waals surface area contributed by atoms with E-state index in [1.807, 2.05) is 31.3 Å². The molecule has 1 saturated carbocycles. The molecular formula is C28H25BrF3N5O6. The molecule has 3 aromatic heterocycles. The third kappa shape index (κ3) is 4.90. The third-order valence-corrected chi connectivity index (χ3v) is 8.58. The van der Waals surface area contributed by atoms with Crippen LogP contribution in [-0.2, 0) is 14.3 Å². The van der Waals surface area contributed by atoms with Crippen LogP contribution in [0.25, 0.3) is 33.4 Å². The molecule has 2 aliphatic rings. The molecule has 4 atom stereocenters. The highest BCUT2D eigenvalue weighted by Crippen LogP contribution is 2.51. The van der Waals surface area contributed by atoms with E-state index in [0.717, 1.165) is 32.1 Å². The van der Waals surface area contributed by atoms with Crippen LogP contribution in [0.3, 0.4) is 0 Å². The van der Waals surface area contributed by atoms with Crippen molar-refractivity contribution in [1.29, 1.82) is 0 Å². The summed E-state index contributed by atoms with van der Waals surface area (Å²) in [6.07, 6.45) is 0.527. The molecule has 226 valence electrons. The van der Waals surface area contributed by atoms with E-state index < -0.39 is 23.8 Å². The second-order valence-corrected chi connectivity index (χ2v) is 11.2. The summed E-state index contributed by atoms with van der Waals surface area (Å²) < 4.78 is 43.9. The van der Waals surface area contributed by atoms with Crippen LogP contribution in [0.1, 0.15) is 35.3 Å². The fourth-order valence-corrected chi connectivity index (χ4v) is 6.23. The van der Waals surface area contributed by atoms with E-state index in [-0.39, 0.29) is 23.4 Å². The molecule has 3 heterocycles. The van der Waals surface area contributed by atoms with Crippen molar-refractivity contribution < 1.29 is 47.9 Å². The smallest absolute Gasteiger partial charge is 0.430 e. The Hall–Kier alpha value is -4.08. The minimum absolute atomic E-state index is 0.0655. The van der Waals surface area contributed by atoms with Gasteiger partial charge in [-0.2, -0.15) is 13.2 Å². The standard InChI is InChI=1S/C26H24BrN5O4.C2HF3O2/c1-11-14-7-26(36-3,23(28)22(11)33)24(34)21-19(14)16(9-30-21)18-10-31-20(25(32-18)35-2)15-8-29-17-6-12(27)4-5-13(15)17;3-2(4,5)1(6)7/h4-6,8-11,14,23,29-30H,7,28H2,1-3H3;(H,6,7)/t11-,14-,23-,26-;/m1./s1. The van der Waals surface area contributed by atoms with Gasteiger partial charge in [0.25, 0.3) is 0 Å². The predicted molar refractivity (Wildman–Crippen MR) is 147 cm³/mol. The lowest BCUT2D eigenvalue weighted by atomic mass is 9.60. The molecule has 2 bridgehead atoms. The average molecular weight is 664 g/mol. The fraction of sp³-hybridized carbons (Fsp3) is 0.321. The highest BCUT2D eigenvalue weighted by atomic mass is 79.9. The molecule has 0 radical (unpaired) electrons. The van der Waals surface area contributed by atoms with Gasteiger partial charge >= 0.3 is 6.18 Å². The predicted octanol–water partition coefficient (Wildman–Crippen LogP) is 2.57. The molecule has 2 aliphatic carbocycles. The Morgan fingerprint density at radius 2 is 1.86 bits per heavy atom. The van der Waals surface area contributed by atoms with Crippen molar-refractivity contribution in [3.8, 4) is 28.4 Å². The number of ether oxygens (including phenoxy) is 2. The van der Waals surface area contributed by atoms with E-state index in [4.69, 9.17) is 29.3 Å². The van der Waals surface area contributed by atoms with Crippen molar-refractivity contribution in [1.82, 2.24) is 19.9 Å². The SMILES string of the molecule is COc1nc(-c2c[nH]c3c2[C@@H]2C[C@](OC)(C3=O)[C@H]([NH3+])C(=O)[C@@H]2C)cnc1-c1c[nH]c2cc(Br)ccc12.O=C([O-])C(F)(F)F. The molecule has 0 aliphatic heterocycles. The summed E-state index contributed by atoms with van der Waals surface area (Å²) in [6, 6.07) is 5.23. The van der Waals surface area contributed by atoms with Crippen LogP contribution in [0.5, 0.6) is 5.88 Å². The molecular weight excluding hydrogens is 639 g/mol. The number of H-pyrrole nitrogens is 2. The van der Waals surface area contributed by atoms with Gasteiger partial charge in [0.15, 0.2) is 17.4 Å². The molecule has 43 heavy (non-hydrogen) atoms. The summed E-state index contributed by atoms with van der Waals surface area (Å²) in [5.74, 6) is -3.47. The molecule has 4 aromatic rings. The molecule has 5 N–H and O–H groups in total. The molecule has 1 aromatic carbocycles. The van der Waals surface area contributed by atoms with E-state index in [1.54, 1.807) is 19.5 Å². The molecule has 15 heteroatoms. The van der Waals surface area contributed by atoms with Crippen molar-refractivity contribution in [2.75, 3.05) is 14.2 Å². The number of aromatic nitrogens is 4. The van der Waals surface area contributed by atoms with E-state index in [2.05, 4.69) is 31.6 Å². The maximum absolute atomic E-state index is 13.6. The summed E-state index contributed by atoms with van der Waals surface area (Å²) in [5, 5.41) is 9.78. The molecule has 1 fully saturated rings. The van der Waals surface area contributed by atoms with Gasteiger partial charge in [-0.1, -0.05) is 28.9 Å². The van der Waals surface area contributed by atoms with Gasteiger partial charge in [-0.15, -0.1) is 0 Å². The lowest BCUT2D eigenvalue weighted by Crippen LogP contribution is -2.81. The first-order chi connectivity index (χ1) is 20.2. The minimum Gasteiger partial charge on any atom is -0.542 e. The molecule has 0 saturated heterocycles. The van der Waals surface area contributed by atoms with Crippen molar-refractivity contribution in [3.63, 3.8) is 0 Å². The largest absolute Gasteiger partial charge is 0.542 e. The van der Waals surface area contributed by atoms with Gasteiger partial charge in [0.05, 0.1) is 24.7 Å². The van der Waals surface area contributed by atoms with Gasteiger partial charge in [0.1, 0.15) is 11.7 Å². The lowest BCUT2D eigenvalue weighted by Gasteiger charge is -2.46. The number of aliphatic carboxylic acids is 1. The molecule has 0 amide bonds. The van der Waals surface area contributed by atoms with Crippen LogP contribution >= 0.6 is 15.9 Å². The first-order valence-corrected chi connectivity index (χ1v) is 13.7. The number of carboxylic acids is 1. The van der Waals surface area contributed by atoms with Gasteiger partial charge in [-0.05, 0) is 30.0 Å². The van der Waals surface area contributed by atoms with Crippen molar-refractivity contribution in [2.45, 2.75) is 37.1 Å². The highest BCUT2D eigenvalue weighted by Gasteiger charge is 2.62. The first kappa shape index (κ1) is 30.4. The minimum atomic E-state index is -5.19. The van der Waals surface area contributed by atoms with Gasteiger partial charge in [0.2, 0.25) is 11.7 Å². The van der Waals surface area contributed by atoms with Crippen molar-refractivity contribution >= 4 is 44.4 Å². The van der Waals surface area contributed by atoms with E-state index in [0.29, 0.717) is 29.4 Å². The lowest BCUT2D eigenvalue weighted by molar-refractivity contribution is -0.435. The number of nitrogens with one attached hydrogen (secondary N) is 2. The fourth-order valence-electron chi connectivity index (χ4n) is 5.87. The molecule has 0 spiro atoms. The molecule has 11 nitrogen and oxygen atoms in total. The van der Waals surface area contributed by atoms with E-state index >= 15 is 0 Å². The Labute approximate surface area is 250 Å². The molecule has 6 rings (SSSR count). The zero-order chi connectivity index (χ0) is 31.4. The van der Waals surface area contributed by atoms with Crippen LogP contribution in [-0.4, -0.2) is 69.5 Å². The van der Waals surface area contributed by atoms with Gasteiger partial charge in [-0.3, -0.25) is 9.59 Å². The number of quaternary nitrogens is 1. The maximum atomic E-state index is 13.6. The van der Waals surface area contributed by atoms with Gasteiger partial charge < -0.3 is 35.1 Å². The number of benzene rings is 1. The maximum Gasteiger partial charge on any atom is 0.430 e. The number of ketones is 2. The summed E-state index contributed by atoms with van der Waals surface area (Å²) >= 11 is 3.50. The van der Waals surface area contributed by atoms with Gasteiger partial charge in [0, 0.05) is 51.9 Å². The van der Waals surface area contributed by atoms with Crippen LogP contribution in [0, 0.1) is 5.92 Å². The number of carbonyl (C=O) groups excluding carboxylic acids is 3. The highest BCUT2D eigenvalue weighted by molar-refractivity contribution is 9.10. The number of Topliss-reactive ketones (excluding diaryl/α,β-unsaturated/α-hetero) is 2. The Morgan fingerprint density at radius 3 is 2.49 bits per heavy atom. The number of halogens is 4. The van der Waals surface area contributed by atoms with E-state index in [9.17, 15) is 22.8 Å². The number of nitrogens with zero attached hydrogens (tertiary/aromatic N) is 2. The number of hydrogen-bond donors (Lipinski definition) is 3. The van der Waals surface area contributed by atoms with Crippen LogP contribution in [0.15, 0.2) is 41.3 Å². The molecule has 0 unspecified atom stereocenters. The van der Waals surface area contributed by atoms with Crippen LogP contribution < -0.4 is 15.6 Å². The second kappa shape index (κ2) is 10.9. The Morgan fingerprint density at radius 1 is 1.19 bits per heavy atom.